The maximum atomic E-state index is 12.9. The van der Waals surface area contributed by atoms with Crippen molar-refractivity contribution >= 4 is 28.2 Å². The van der Waals surface area contributed by atoms with E-state index in [0.717, 1.165) is 16.7 Å². The zero-order valence-electron chi connectivity index (χ0n) is 18.5. The molecule has 0 bridgehead atoms. The number of nitrogens with zero attached hydrogens (tertiary/aromatic N) is 1. The summed E-state index contributed by atoms with van der Waals surface area (Å²) in [5, 5.41) is 4.60. The van der Waals surface area contributed by atoms with Crippen LogP contribution in [0.2, 0.25) is 0 Å². The topological polar surface area (TPSA) is 79.7 Å². The van der Waals surface area contributed by atoms with Crippen molar-refractivity contribution in [2.45, 2.75) is 19.6 Å². The molecule has 4 rings (SSSR count). The summed E-state index contributed by atoms with van der Waals surface area (Å²) in [5.74, 6) is 1.93. The first-order valence-corrected chi connectivity index (χ1v) is 10.8. The van der Waals surface area contributed by atoms with Crippen LogP contribution in [0.1, 0.15) is 16.9 Å². The molecule has 2 N–H and O–H groups in total. The van der Waals surface area contributed by atoms with E-state index in [1.165, 1.54) is 0 Å². The number of pyridine rings is 1. The van der Waals surface area contributed by atoms with Crippen molar-refractivity contribution in [2.75, 3.05) is 14.2 Å². The smallest absolute Gasteiger partial charge is 0.253 e. The molecule has 0 spiro atoms. The molecule has 33 heavy (non-hydrogen) atoms. The van der Waals surface area contributed by atoms with E-state index >= 15 is 0 Å². The third kappa shape index (κ3) is 5.35. The number of aromatic nitrogens is 1. The third-order valence-electron chi connectivity index (χ3n) is 5.28. The lowest BCUT2D eigenvalue weighted by Crippen LogP contribution is -2.39. The number of methoxy groups -OCH3 is 2. The molecule has 0 unspecified atom stereocenters. The lowest BCUT2D eigenvalue weighted by molar-refractivity contribution is 0.355. The fourth-order valence-corrected chi connectivity index (χ4v) is 3.79. The molecule has 7 nitrogen and oxygen atoms in total. The molecule has 0 aliphatic rings. The van der Waals surface area contributed by atoms with Gasteiger partial charge in [-0.25, -0.2) is 0 Å². The quantitative estimate of drug-likeness (QED) is 0.379. The van der Waals surface area contributed by atoms with Gasteiger partial charge >= 0.3 is 0 Å². The van der Waals surface area contributed by atoms with Crippen molar-refractivity contribution in [3.05, 3.63) is 94.2 Å². The van der Waals surface area contributed by atoms with E-state index in [0.29, 0.717) is 47.3 Å². The van der Waals surface area contributed by atoms with Gasteiger partial charge in [0.15, 0.2) is 16.6 Å². The van der Waals surface area contributed by atoms with Gasteiger partial charge in [0.05, 0.1) is 39.1 Å². The Kier molecular flexibility index (Phi) is 6.95. The van der Waals surface area contributed by atoms with Crippen LogP contribution in [0, 0.1) is 0 Å². The van der Waals surface area contributed by atoms with Crippen molar-refractivity contribution in [3.63, 3.8) is 0 Å². The fraction of sp³-hybridized carbons (Fsp3) is 0.200. The predicted molar refractivity (Wildman–Crippen MR) is 132 cm³/mol. The van der Waals surface area contributed by atoms with Crippen LogP contribution in [-0.2, 0) is 19.6 Å². The Morgan fingerprint density at radius 1 is 1.03 bits per heavy atom. The number of nitrogens with one attached hydrogen (secondary N) is 2. The number of H-pyrrole nitrogens is 1. The minimum absolute atomic E-state index is 0.179. The molecule has 0 saturated heterocycles. The average Bonchev–Trinajstić information content (AvgIpc) is 3.36. The SMILES string of the molecule is COc1cc2cc(CN(Cc3ccccc3)C(=S)NCc3ccco3)c(=O)[nH]c2cc1OC. The van der Waals surface area contributed by atoms with Crippen molar-refractivity contribution in [1.29, 1.82) is 0 Å². The number of furan rings is 1. The minimum Gasteiger partial charge on any atom is -0.493 e. The molecule has 0 amide bonds. The van der Waals surface area contributed by atoms with Crippen LogP contribution in [0.3, 0.4) is 0 Å². The summed E-state index contributed by atoms with van der Waals surface area (Å²) in [4.78, 5) is 17.8. The van der Waals surface area contributed by atoms with Gasteiger partial charge < -0.3 is 29.1 Å². The average molecular weight is 464 g/mol. The van der Waals surface area contributed by atoms with E-state index in [9.17, 15) is 4.79 Å². The standard InChI is InChI=1S/C25H25N3O4S/c1-30-22-12-18-11-19(24(29)27-21(18)13-23(22)31-2)16-28(15-17-7-4-3-5-8-17)25(33)26-14-20-9-6-10-32-20/h3-13H,14-16H2,1-2H3,(H,26,33)(H,27,29). The first kappa shape index (κ1) is 22.4. The van der Waals surface area contributed by atoms with Gasteiger partial charge in [-0.1, -0.05) is 30.3 Å². The van der Waals surface area contributed by atoms with Gasteiger partial charge in [0.1, 0.15) is 5.76 Å². The summed E-state index contributed by atoms with van der Waals surface area (Å²) in [6.07, 6.45) is 1.62. The first-order chi connectivity index (χ1) is 16.1. The number of benzene rings is 2. The highest BCUT2D eigenvalue weighted by Crippen LogP contribution is 2.31. The van der Waals surface area contributed by atoms with Gasteiger partial charge in [-0.2, -0.15) is 0 Å². The Labute approximate surface area is 196 Å². The number of hydrogen-bond donors (Lipinski definition) is 2. The number of thiocarbonyl (C=S) groups is 1. The zero-order valence-corrected chi connectivity index (χ0v) is 19.3. The maximum Gasteiger partial charge on any atom is 0.253 e. The lowest BCUT2D eigenvalue weighted by Gasteiger charge is -2.26. The molecule has 0 fully saturated rings. The van der Waals surface area contributed by atoms with Crippen LogP contribution >= 0.6 is 12.2 Å². The highest BCUT2D eigenvalue weighted by atomic mass is 32.1. The van der Waals surface area contributed by atoms with E-state index in [2.05, 4.69) is 10.3 Å². The molecule has 0 radical (unpaired) electrons. The summed E-state index contributed by atoms with van der Waals surface area (Å²) in [6, 6.07) is 19.2. The second-order valence-electron chi connectivity index (χ2n) is 7.50. The van der Waals surface area contributed by atoms with Crippen molar-refractivity contribution < 1.29 is 13.9 Å². The van der Waals surface area contributed by atoms with Crippen LogP contribution in [0.4, 0.5) is 0 Å². The Hall–Kier alpha value is -3.78. The molecule has 0 saturated carbocycles. The van der Waals surface area contributed by atoms with Gasteiger partial charge in [0.2, 0.25) is 0 Å². The molecule has 2 heterocycles. The minimum atomic E-state index is -0.179. The van der Waals surface area contributed by atoms with E-state index in [4.69, 9.17) is 26.1 Å². The van der Waals surface area contributed by atoms with E-state index in [1.54, 1.807) is 26.5 Å². The molecule has 8 heteroatoms. The Morgan fingerprint density at radius 3 is 2.48 bits per heavy atom. The van der Waals surface area contributed by atoms with Crippen LogP contribution in [0.15, 0.2) is 76.1 Å². The van der Waals surface area contributed by atoms with Crippen LogP contribution in [0.25, 0.3) is 10.9 Å². The summed E-state index contributed by atoms with van der Waals surface area (Å²) < 4.78 is 16.1. The molecule has 2 aromatic heterocycles. The number of hydrogen-bond acceptors (Lipinski definition) is 5. The second-order valence-corrected chi connectivity index (χ2v) is 7.88. The molecule has 2 aromatic carbocycles. The number of ether oxygens (including phenoxy) is 2. The molecule has 4 aromatic rings. The van der Waals surface area contributed by atoms with Gasteiger partial charge in [0, 0.05) is 23.6 Å². The normalized spacial score (nSPS) is 10.7. The number of aromatic amines is 1. The molecule has 0 aliphatic carbocycles. The number of fused-ring (bicyclic) bond motifs is 1. The van der Waals surface area contributed by atoms with E-state index in [1.807, 2.05) is 59.5 Å². The van der Waals surface area contributed by atoms with Gasteiger partial charge in [0.25, 0.3) is 5.56 Å². The summed E-state index contributed by atoms with van der Waals surface area (Å²) >= 11 is 5.68. The third-order valence-corrected chi connectivity index (χ3v) is 5.69. The predicted octanol–water partition coefficient (Wildman–Crippen LogP) is 4.22. The summed E-state index contributed by atoms with van der Waals surface area (Å²) in [7, 11) is 3.15. The van der Waals surface area contributed by atoms with Gasteiger partial charge in [-0.05, 0) is 42.0 Å². The highest BCUT2D eigenvalue weighted by Gasteiger charge is 2.15. The molecule has 170 valence electrons. The second kappa shape index (κ2) is 10.2. The highest BCUT2D eigenvalue weighted by molar-refractivity contribution is 7.80. The number of rotatable bonds is 8. The zero-order chi connectivity index (χ0) is 23.2. The molecule has 0 atom stereocenters. The monoisotopic (exact) mass is 463 g/mol. The van der Waals surface area contributed by atoms with Crippen molar-refractivity contribution in [3.8, 4) is 11.5 Å². The maximum absolute atomic E-state index is 12.9. The molecular weight excluding hydrogens is 438 g/mol. The van der Waals surface area contributed by atoms with E-state index < -0.39 is 0 Å². The van der Waals surface area contributed by atoms with Crippen LogP contribution in [-0.4, -0.2) is 29.2 Å². The van der Waals surface area contributed by atoms with Crippen molar-refractivity contribution in [1.82, 2.24) is 15.2 Å². The molecular formula is C25H25N3O4S. The summed E-state index contributed by atoms with van der Waals surface area (Å²) in [6.45, 7) is 1.34. The van der Waals surface area contributed by atoms with Crippen molar-refractivity contribution in [2.24, 2.45) is 0 Å². The fourth-order valence-electron chi connectivity index (χ4n) is 3.59. The Morgan fingerprint density at radius 2 is 1.79 bits per heavy atom. The summed E-state index contributed by atoms with van der Waals surface area (Å²) in [5.41, 5.74) is 2.17. The van der Waals surface area contributed by atoms with Gasteiger partial charge in [-0.3, -0.25) is 4.79 Å². The van der Waals surface area contributed by atoms with Gasteiger partial charge in [-0.15, -0.1) is 0 Å². The largest absolute Gasteiger partial charge is 0.493 e. The Bertz CT molecular complexity index is 1290. The van der Waals surface area contributed by atoms with Crippen LogP contribution in [0.5, 0.6) is 11.5 Å². The lowest BCUT2D eigenvalue weighted by atomic mass is 10.1. The molecule has 0 aliphatic heterocycles. The Balaban J connectivity index is 1.63. The van der Waals surface area contributed by atoms with Crippen LogP contribution < -0.4 is 20.3 Å². The van der Waals surface area contributed by atoms with E-state index in [-0.39, 0.29) is 5.56 Å². The first-order valence-electron chi connectivity index (χ1n) is 10.4.